The minimum Gasteiger partial charge on any atom is -0.497 e. The molecule has 0 bridgehead atoms. The smallest absolute Gasteiger partial charge is 0.262 e. The molecule has 126 valence electrons. The van der Waals surface area contributed by atoms with Crippen LogP contribution in [0, 0.1) is 13.8 Å². The van der Waals surface area contributed by atoms with Crippen LogP contribution in [0.2, 0.25) is 0 Å². The first-order chi connectivity index (χ1) is 11.4. The van der Waals surface area contributed by atoms with E-state index in [1.165, 1.54) is 19.2 Å². The molecule has 0 heterocycles. The number of methoxy groups -OCH3 is 1. The molecule has 0 unspecified atom stereocenters. The zero-order valence-corrected chi connectivity index (χ0v) is 13.9. The second kappa shape index (κ2) is 7.50. The highest BCUT2D eigenvalue weighted by atomic mass is 16.5. The van der Waals surface area contributed by atoms with Gasteiger partial charge in [0.15, 0.2) is 6.61 Å². The van der Waals surface area contributed by atoms with Gasteiger partial charge >= 0.3 is 0 Å². The Hall–Kier alpha value is -3.02. The molecule has 2 amide bonds. The van der Waals surface area contributed by atoms with Crippen molar-refractivity contribution in [3.63, 3.8) is 0 Å². The van der Waals surface area contributed by atoms with Crippen molar-refractivity contribution < 1.29 is 19.1 Å². The molecule has 2 aromatic rings. The number of rotatable bonds is 6. The first-order valence-electron chi connectivity index (χ1n) is 7.38. The second-order valence-electron chi connectivity index (χ2n) is 5.36. The van der Waals surface area contributed by atoms with E-state index in [0.717, 1.165) is 11.1 Å². The van der Waals surface area contributed by atoms with Crippen molar-refractivity contribution in [2.24, 2.45) is 5.73 Å². The van der Waals surface area contributed by atoms with Gasteiger partial charge in [-0.05, 0) is 49.2 Å². The van der Waals surface area contributed by atoms with E-state index in [4.69, 9.17) is 15.2 Å². The Morgan fingerprint density at radius 3 is 2.46 bits per heavy atom. The standard InChI is InChI=1S/C18H20N2O4/c1-11-4-5-13(8-12(11)2)20-17(21)10-24-16-9-14(23-3)6-7-15(16)18(19)22/h4-9H,10H2,1-3H3,(H2,19,22)(H,20,21). The molecule has 2 aromatic carbocycles. The largest absolute Gasteiger partial charge is 0.497 e. The molecular formula is C18H20N2O4. The number of nitrogens with one attached hydrogen (secondary N) is 1. The molecule has 0 aliphatic carbocycles. The van der Waals surface area contributed by atoms with E-state index < -0.39 is 5.91 Å². The number of nitrogens with two attached hydrogens (primary N) is 1. The molecule has 3 N–H and O–H groups in total. The lowest BCUT2D eigenvalue weighted by atomic mass is 10.1. The highest BCUT2D eigenvalue weighted by molar-refractivity contribution is 5.96. The highest BCUT2D eigenvalue weighted by Gasteiger charge is 2.13. The number of anilines is 1. The van der Waals surface area contributed by atoms with Crippen LogP contribution >= 0.6 is 0 Å². The third-order valence-corrected chi connectivity index (χ3v) is 3.60. The minimum absolute atomic E-state index is 0.190. The van der Waals surface area contributed by atoms with Gasteiger partial charge in [-0.1, -0.05) is 6.07 Å². The van der Waals surface area contributed by atoms with Crippen molar-refractivity contribution in [3.8, 4) is 11.5 Å². The molecule has 0 saturated carbocycles. The first kappa shape index (κ1) is 17.3. The summed E-state index contributed by atoms with van der Waals surface area (Å²) in [7, 11) is 1.50. The number of amides is 2. The van der Waals surface area contributed by atoms with Crippen LogP contribution in [0.25, 0.3) is 0 Å². The predicted molar refractivity (Wildman–Crippen MR) is 91.6 cm³/mol. The van der Waals surface area contributed by atoms with Gasteiger partial charge in [-0.25, -0.2) is 0 Å². The van der Waals surface area contributed by atoms with Gasteiger partial charge in [0.1, 0.15) is 11.5 Å². The SMILES string of the molecule is COc1ccc(C(N)=O)c(OCC(=O)Nc2ccc(C)c(C)c2)c1. The van der Waals surface area contributed by atoms with Gasteiger partial charge in [-0.3, -0.25) is 9.59 Å². The molecule has 0 spiro atoms. The van der Waals surface area contributed by atoms with Gasteiger partial charge < -0.3 is 20.5 Å². The summed E-state index contributed by atoms with van der Waals surface area (Å²) >= 11 is 0. The van der Waals surface area contributed by atoms with Crippen LogP contribution in [0.4, 0.5) is 5.69 Å². The number of aryl methyl sites for hydroxylation is 2. The summed E-state index contributed by atoms with van der Waals surface area (Å²) in [6, 6.07) is 10.2. The van der Waals surface area contributed by atoms with Gasteiger partial charge in [0.25, 0.3) is 11.8 Å². The van der Waals surface area contributed by atoms with Crippen molar-refractivity contribution in [3.05, 3.63) is 53.1 Å². The van der Waals surface area contributed by atoms with E-state index in [1.807, 2.05) is 32.0 Å². The van der Waals surface area contributed by atoms with Crippen LogP contribution in [0.3, 0.4) is 0 Å². The number of ether oxygens (including phenoxy) is 2. The van der Waals surface area contributed by atoms with Crippen LogP contribution in [0.15, 0.2) is 36.4 Å². The maximum Gasteiger partial charge on any atom is 0.262 e. The minimum atomic E-state index is -0.637. The molecule has 0 saturated heterocycles. The molecule has 0 aliphatic rings. The molecule has 0 fully saturated rings. The van der Waals surface area contributed by atoms with E-state index in [9.17, 15) is 9.59 Å². The fourth-order valence-corrected chi connectivity index (χ4v) is 2.11. The molecular weight excluding hydrogens is 308 g/mol. The van der Waals surface area contributed by atoms with Crippen LogP contribution in [-0.2, 0) is 4.79 Å². The summed E-state index contributed by atoms with van der Waals surface area (Å²) in [5.74, 6) is -0.264. The summed E-state index contributed by atoms with van der Waals surface area (Å²) in [5, 5.41) is 2.75. The third-order valence-electron chi connectivity index (χ3n) is 3.60. The summed E-state index contributed by atoms with van der Waals surface area (Å²) in [5.41, 5.74) is 8.41. The quantitative estimate of drug-likeness (QED) is 0.852. The lowest BCUT2D eigenvalue weighted by Gasteiger charge is -2.12. The molecule has 2 rings (SSSR count). The maximum atomic E-state index is 12.0. The Morgan fingerprint density at radius 2 is 1.83 bits per heavy atom. The average molecular weight is 328 g/mol. The van der Waals surface area contributed by atoms with E-state index >= 15 is 0 Å². The van der Waals surface area contributed by atoms with E-state index in [2.05, 4.69) is 5.32 Å². The van der Waals surface area contributed by atoms with Crippen LogP contribution in [-0.4, -0.2) is 25.5 Å². The maximum absolute atomic E-state index is 12.0. The summed E-state index contributed by atoms with van der Waals surface area (Å²) in [4.78, 5) is 23.5. The average Bonchev–Trinajstić information content (AvgIpc) is 2.56. The molecule has 6 nitrogen and oxygen atoms in total. The lowest BCUT2D eigenvalue weighted by molar-refractivity contribution is -0.118. The number of hydrogen-bond donors (Lipinski definition) is 2. The topological polar surface area (TPSA) is 90.7 Å². The van der Waals surface area contributed by atoms with Crippen molar-refractivity contribution in [1.82, 2.24) is 0 Å². The molecule has 0 atom stereocenters. The van der Waals surface area contributed by atoms with Gasteiger partial charge in [0, 0.05) is 11.8 Å². The Morgan fingerprint density at radius 1 is 1.08 bits per heavy atom. The number of hydrogen-bond acceptors (Lipinski definition) is 4. The number of carbonyl (C=O) groups is 2. The van der Waals surface area contributed by atoms with E-state index in [1.54, 1.807) is 6.07 Å². The summed E-state index contributed by atoms with van der Waals surface area (Å²) in [6.45, 7) is 3.72. The van der Waals surface area contributed by atoms with Crippen LogP contribution in [0.1, 0.15) is 21.5 Å². The first-order valence-corrected chi connectivity index (χ1v) is 7.38. The number of benzene rings is 2. The number of carbonyl (C=O) groups excluding carboxylic acids is 2. The van der Waals surface area contributed by atoms with Crippen molar-refractivity contribution in [2.75, 3.05) is 19.0 Å². The van der Waals surface area contributed by atoms with Gasteiger partial charge in [0.2, 0.25) is 0 Å². The Labute approximate surface area is 140 Å². The molecule has 24 heavy (non-hydrogen) atoms. The Balaban J connectivity index is 2.05. The number of primary amides is 1. The van der Waals surface area contributed by atoms with E-state index in [0.29, 0.717) is 11.4 Å². The predicted octanol–water partition coefficient (Wildman–Crippen LogP) is 2.43. The third kappa shape index (κ3) is 4.25. The normalized spacial score (nSPS) is 10.1. The molecule has 6 heteroatoms. The van der Waals surface area contributed by atoms with Crippen molar-refractivity contribution >= 4 is 17.5 Å². The molecule has 0 aromatic heterocycles. The Kier molecular flexibility index (Phi) is 5.42. The lowest BCUT2D eigenvalue weighted by Crippen LogP contribution is -2.21. The summed E-state index contributed by atoms with van der Waals surface area (Å²) in [6.07, 6.45) is 0. The van der Waals surface area contributed by atoms with Crippen molar-refractivity contribution in [2.45, 2.75) is 13.8 Å². The fourth-order valence-electron chi connectivity index (χ4n) is 2.11. The molecule has 0 radical (unpaired) electrons. The Bertz CT molecular complexity index is 772. The van der Waals surface area contributed by atoms with Crippen LogP contribution in [0.5, 0.6) is 11.5 Å². The second-order valence-corrected chi connectivity index (χ2v) is 5.36. The zero-order chi connectivity index (χ0) is 17.7. The van der Waals surface area contributed by atoms with E-state index in [-0.39, 0.29) is 23.8 Å². The van der Waals surface area contributed by atoms with Gasteiger partial charge in [0.05, 0.1) is 12.7 Å². The van der Waals surface area contributed by atoms with Gasteiger partial charge in [-0.2, -0.15) is 0 Å². The fraction of sp³-hybridized carbons (Fsp3) is 0.222. The highest BCUT2D eigenvalue weighted by Crippen LogP contribution is 2.24. The molecule has 0 aliphatic heterocycles. The monoisotopic (exact) mass is 328 g/mol. The summed E-state index contributed by atoms with van der Waals surface area (Å²) < 4.78 is 10.5. The van der Waals surface area contributed by atoms with Crippen molar-refractivity contribution in [1.29, 1.82) is 0 Å². The zero-order valence-electron chi connectivity index (χ0n) is 13.9. The van der Waals surface area contributed by atoms with Crippen LogP contribution < -0.4 is 20.5 Å². The van der Waals surface area contributed by atoms with Gasteiger partial charge in [-0.15, -0.1) is 0 Å².